The lowest BCUT2D eigenvalue weighted by Gasteiger charge is -2.15. The summed E-state index contributed by atoms with van der Waals surface area (Å²) in [6.07, 6.45) is 3.71. The van der Waals surface area contributed by atoms with E-state index in [-0.39, 0.29) is 17.3 Å². The molecule has 2 aromatic rings. The maximum absolute atomic E-state index is 12.7. The van der Waals surface area contributed by atoms with Crippen molar-refractivity contribution in [2.75, 3.05) is 7.11 Å². The van der Waals surface area contributed by atoms with Gasteiger partial charge in [-0.1, -0.05) is 0 Å². The van der Waals surface area contributed by atoms with Crippen LogP contribution in [0.2, 0.25) is 0 Å². The van der Waals surface area contributed by atoms with Crippen LogP contribution in [-0.2, 0) is 12.8 Å². The largest absolute Gasteiger partial charge is 0.497 e. The van der Waals surface area contributed by atoms with Crippen LogP contribution < -0.4 is 4.74 Å². The number of ketones is 2. The molecule has 4 heteroatoms. The lowest BCUT2D eigenvalue weighted by Crippen LogP contribution is -2.20. The minimum absolute atomic E-state index is 0.103. The van der Waals surface area contributed by atoms with Gasteiger partial charge >= 0.3 is 0 Å². The monoisotopic (exact) mass is 282 g/mol. The number of hydrogen-bond acceptors (Lipinski definition) is 4. The molecular weight excluding hydrogens is 268 g/mol. The van der Waals surface area contributed by atoms with Crippen LogP contribution in [0, 0.1) is 0 Å². The summed E-state index contributed by atoms with van der Waals surface area (Å²) in [4.78, 5) is 25.4. The Morgan fingerprint density at radius 3 is 2.67 bits per heavy atom. The second kappa shape index (κ2) is 4.32. The molecule has 0 saturated heterocycles. The molecule has 0 bridgehead atoms. The van der Waals surface area contributed by atoms with Crippen LogP contribution in [0.15, 0.2) is 22.6 Å². The standard InChI is InChI=1S/C17H14O4/c1-20-9-6-7-10-12(8-9)16(19)17-14(15(10)18)11-4-2-3-5-13(11)21-17/h6-8H,2-5H2,1H3. The SMILES string of the molecule is COc1ccc2c(c1)C(=O)c1oc3c(c1C2=O)CCCC3. The number of rotatable bonds is 1. The molecule has 2 aliphatic rings. The van der Waals surface area contributed by atoms with E-state index in [0.717, 1.165) is 37.0 Å². The predicted molar refractivity (Wildman–Crippen MR) is 75.2 cm³/mol. The zero-order chi connectivity index (χ0) is 14.6. The molecule has 0 fully saturated rings. The van der Waals surface area contributed by atoms with Crippen LogP contribution in [-0.4, -0.2) is 18.7 Å². The van der Waals surface area contributed by atoms with Crippen LogP contribution >= 0.6 is 0 Å². The highest BCUT2D eigenvalue weighted by molar-refractivity contribution is 6.28. The van der Waals surface area contributed by atoms with Gasteiger partial charge in [0.2, 0.25) is 5.78 Å². The fraction of sp³-hybridized carbons (Fsp3) is 0.294. The lowest BCUT2D eigenvalue weighted by atomic mass is 9.84. The summed E-state index contributed by atoms with van der Waals surface area (Å²) >= 11 is 0. The molecule has 0 atom stereocenters. The first-order valence-electron chi connectivity index (χ1n) is 7.12. The number of fused-ring (bicyclic) bond motifs is 4. The van der Waals surface area contributed by atoms with E-state index >= 15 is 0 Å². The fourth-order valence-electron chi connectivity index (χ4n) is 3.26. The number of aryl methyl sites for hydroxylation is 1. The van der Waals surface area contributed by atoms with Gasteiger partial charge in [-0.2, -0.15) is 0 Å². The van der Waals surface area contributed by atoms with E-state index in [1.165, 1.54) is 7.11 Å². The Balaban J connectivity index is 1.95. The zero-order valence-electron chi connectivity index (χ0n) is 11.7. The van der Waals surface area contributed by atoms with E-state index in [1.807, 2.05) is 0 Å². The van der Waals surface area contributed by atoms with Gasteiger partial charge in [0.05, 0.1) is 12.7 Å². The third-order valence-corrected chi connectivity index (χ3v) is 4.32. The van der Waals surface area contributed by atoms with Gasteiger partial charge in [0.25, 0.3) is 0 Å². The Kier molecular flexibility index (Phi) is 2.55. The molecule has 1 heterocycles. The number of hydrogen-bond donors (Lipinski definition) is 0. The Morgan fingerprint density at radius 1 is 1.05 bits per heavy atom. The molecule has 0 N–H and O–H groups in total. The average molecular weight is 282 g/mol. The molecule has 1 aromatic carbocycles. The van der Waals surface area contributed by atoms with Crippen LogP contribution in [0.5, 0.6) is 5.75 Å². The molecule has 0 aliphatic heterocycles. The Bertz CT molecular complexity index is 782. The van der Waals surface area contributed by atoms with Gasteiger partial charge in [-0.15, -0.1) is 0 Å². The van der Waals surface area contributed by atoms with Crippen molar-refractivity contribution >= 4 is 11.6 Å². The number of carbonyl (C=O) groups is 2. The van der Waals surface area contributed by atoms with Crippen LogP contribution in [0.25, 0.3) is 0 Å². The van der Waals surface area contributed by atoms with E-state index < -0.39 is 0 Å². The van der Waals surface area contributed by atoms with Crippen molar-refractivity contribution < 1.29 is 18.7 Å². The van der Waals surface area contributed by atoms with Crippen molar-refractivity contribution in [1.29, 1.82) is 0 Å². The number of furan rings is 1. The maximum Gasteiger partial charge on any atom is 0.229 e. The normalized spacial score (nSPS) is 16.2. The third kappa shape index (κ3) is 1.62. The van der Waals surface area contributed by atoms with Crippen molar-refractivity contribution in [2.45, 2.75) is 25.7 Å². The minimum Gasteiger partial charge on any atom is -0.497 e. The van der Waals surface area contributed by atoms with E-state index in [2.05, 4.69) is 0 Å². The lowest BCUT2D eigenvalue weighted by molar-refractivity contribution is 0.0959. The van der Waals surface area contributed by atoms with Gasteiger partial charge in [0.1, 0.15) is 11.5 Å². The molecule has 21 heavy (non-hydrogen) atoms. The van der Waals surface area contributed by atoms with Crippen molar-refractivity contribution in [3.05, 3.63) is 52.0 Å². The minimum atomic E-state index is -0.215. The number of carbonyl (C=O) groups excluding carboxylic acids is 2. The smallest absolute Gasteiger partial charge is 0.229 e. The first kappa shape index (κ1) is 12.4. The molecule has 4 nitrogen and oxygen atoms in total. The number of ether oxygens (including phenoxy) is 1. The van der Waals surface area contributed by atoms with E-state index in [9.17, 15) is 9.59 Å². The first-order chi connectivity index (χ1) is 10.2. The summed E-state index contributed by atoms with van der Waals surface area (Å²) in [6, 6.07) is 4.99. The fourth-order valence-corrected chi connectivity index (χ4v) is 3.26. The second-order valence-corrected chi connectivity index (χ2v) is 5.48. The van der Waals surface area contributed by atoms with Crippen LogP contribution in [0.4, 0.5) is 0 Å². The summed E-state index contributed by atoms with van der Waals surface area (Å²) in [5, 5.41) is 0. The van der Waals surface area contributed by atoms with E-state index in [4.69, 9.17) is 9.15 Å². The highest BCUT2D eigenvalue weighted by Crippen LogP contribution is 2.37. The van der Waals surface area contributed by atoms with Crippen LogP contribution in [0.1, 0.15) is 56.2 Å². The Hall–Kier alpha value is -2.36. The summed E-state index contributed by atoms with van der Waals surface area (Å²) in [7, 11) is 1.54. The molecule has 0 spiro atoms. The summed E-state index contributed by atoms with van der Waals surface area (Å²) in [5.74, 6) is 1.28. The molecule has 0 radical (unpaired) electrons. The third-order valence-electron chi connectivity index (χ3n) is 4.32. The van der Waals surface area contributed by atoms with E-state index in [0.29, 0.717) is 22.4 Å². The average Bonchev–Trinajstić information content (AvgIpc) is 2.92. The van der Waals surface area contributed by atoms with Gasteiger partial charge in [0, 0.05) is 23.1 Å². The quantitative estimate of drug-likeness (QED) is 0.688. The summed E-state index contributed by atoms with van der Waals surface area (Å²) < 4.78 is 10.9. The van der Waals surface area contributed by atoms with Gasteiger partial charge < -0.3 is 9.15 Å². The molecular formula is C17H14O4. The summed E-state index contributed by atoms with van der Waals surface area (Å²) in [6.45, 7) is 0. The predicted octanol–water partition coefficient (Wildman–Crippen LogP) is 2.94. The maximum atomic E-state index is 12.7. The molecule has 4 rings (SSSR count). The Morgan fingerprint density at radius 2 is 1.86 bits per heavy atom. The highest BCUT2D eigenvalue weighted by atomic mass is 16.5. The molecule has 0 unspecified atom stereocenters. The number of benzene rings is 1. The Labute approximate surface area is 121 Å². The van der Waals surface area contributed by atoms with Crippen molar-refractivity contribution in [2.24, 2.45) is 0 Å². The topological polar surface area (TPSA) is 56.5 Å². The van der Waals surface area contributed by atoms with E-state index in [1.54, 1.807) is 18.2 Å². The van der Waals surface area contributed by atoms with Crippen molar-refractivity contribution in [1.82, 2.24) is 0 Å². The van der Waals surface area contributed by atoms with Crippen molar-refractivity contribution in [3.63, 3.8) is 0 Å². The highest BCUT2D eigenvalue weighted by Gasteiger charge is 2.37. The molecule has 1 aromatic heterocycles. The van der Waals surface area contributed by atoms with Crippen LogP contribution in [0.3, 0.4) is 0 Å². The van der Waals surface area contributed by atoms with Gasteiger partial charge in [0.15, 0.2) is 11.5 Å². The first-order valence-corrected chi connectivity index (χ1v) is 7.12. The zero-order valence-corrected chi connectivity index (χ0v) is 11.7. The second-order valence-electron chi connectivity index (χ2n) is 5.48. The number of methoxy groups -OCH3 is 1. The molecule has 106 valence electrons. The summed E-state index contributed by atoms with van der Waals surface area (Å²) in [5.41, 5.74) is 2.25. The molecule has 0 saturated carbocycles. The van der Waals surface area contributed by atoms with Crippen molar-refractivity contribution in [3.8, 4) is 5.75 Å². The van der Waals surface area contributed by atoms with Gasteiger partial charge in [-0.25, -0.2) is 0 Å². The van der Waals surface area contributed by atoms with Gasteiger partial charge in [-0.05, 0) is 37.5 Å². The molecule has 2 aliphatic carbocycles. The van der Waals surface area contributed by atoms with Gasteiger partial charge in [-0.3, -0.25) is 9.59 Å². The molecule has 0 amide bonds.